The number of sulfonamides is 1. The molecule has 0 unspecified atom stereocenters. The normalized spacial score (nSPS) is 11.9. The zero-order valence-corrected chi connectivity index (χ0v) is 11.1. The summed E-state index contributed by atoms with van der Waals surface area (Å²) in [5, 5.41) is 8.73. The number of carbonyl (C=O) groups is 1. The summed E-state index contributed by atoms with van der Waals surface area (Å²) >= 11 is 0. The van der Waals surface area contributed by atoms with E-state index < -0.39 is 21.4 Å². The number of hydrogen-bond acceptors (Lipinski definition) is 5. The maximum Gasteiger partial charge on any atom is 0.305 e. The molecule has 0 spiro atoms. The van der Waals surface area contributed by atoms with Crippen molar-refractivity contribution < 1.29 is 17.9 Å². The Morgan fingerprint density at radius 3 is 2.53 bits per heavy atom. The van der Waals surface area contributed by atoms with Gasteiger partial charge >= 0.3 is 5.97 Å². The van der Waals surface area contributed by atoms with Crippen LogP contribution in [-0.4, -0.2) is 33.8 Å². The van der Waals surface area contributed by atoms with E-state index in [0.29, 0.717) is 0 Å². The molecule has 17 heavy (non-hydrogen) atoms. The van der Waals surface area contributed by atoms with Crippen molar-refractivity contribution in [2.24, 2.45) is 5.41 Å². The number of hydrogen-bond donors (Lipinski definition) is 1. The van der Waals surface area contributed by atoms with E-state index in [4.69, 9.17) is 5.26 Å². The Labute approximate surface area is 102 Å². The molecule has 0 aliphatic heterocycles. The van der Waals surface area contributed by atoms with Gasteiger partial charge in [0.05, 0.1) is 24.3 Å². The van der Waals surface area contributed by atoms with Gasteiger partial charge in [-0.25, -0.2) is 13.1 Å². The third kappa shape index (κ3) is 7.71. The molecule has 0 amide bonds. The number of nitrogens with zero attached hydrogens (tertiary/aromatic N) is 1. The van der Waals surface area contributed by atoms with Crippen LogP contribution in [0.5, 0.6) is 0 Å². The average molecular weight is 262 g/mol. The molecule has 98 valence electrons. The maximum absolute atomic E-state index is 11.5. The number of ether oxygens (including phenoxy) is 1. The second-order valence-electron chi connectivity index (χ2n) is 4.32. The molecule has 0 aromatic carbocycles. The van der Waals surface area contributed by atoms with Gasteiger partial charge in [0.2, 0.25) is 10.0 Å². The van der Waals surface area contributed by atoms with Gasteiger partial charge in [-0.3, -0.25) is 4.79 Å². The lowest BCUT2D eigenvalue weighted by Crippen LogP contribution is -2.34. The highest BCUT2D eigenvalue weighted by Crippen LogP contribution is 2.11. The van der Waals surface area contributed by atoms with Crippen LogP contribution in [0.4, 0.5) is 0 Å². The van der Waals surface area contributed by atoms with Crippen molar-refractivity contribution >= 4 is 16.0 Å². The number of esters is 1. The summed E-state index contributed by atoms with van der Waals surface area (Å²) < 4.78 is 29.7. The summed E-state index contributed by atoms with van der Waals surface area (Å²) in [7, 11) is -2.18. The quantitative estimate of drug-likeness (QED) is 0.670. The van der Waals surface area contributed by atoms with Crippen LogP contribution in [0.15, 0.2) is 0 Å². The van der Waals surface area contributed by atoms with Gasteiger partial charge < -0.3 is 4.74 Å². The third-order valence-corrected chi connectivity index (χ3v) is 3.47. The average Bonchev–Trinajstić information content (AvgIpc) is 2.26. The van der Waals surface area contributed by atoms with Gasteiger partial charge in [0.1, 0.15) is 0 Å². The Morgan fingerprint density at radius 1 is 1.47 bits per heavy atom. The number of carbonyl (C=O) groups excluding carboxylic acids is 1. The van der Waals surface area contributed by atoms with Crippen LogP contribution < -0.4 is 4.72 Å². The molecule has 0 rings (SSSR count). The van der Waals surface area contributed by atoms with Crippen LogP contribution in [0.25, 0.3) is 0 Å². The predicted molar refractivity (Wildman–Crippen MR) is 62.4 cm³/mol. The van der Waals surface area contributed by atoms with Gasteiger partial charge in [0, 0.05) is 13.0 Å². The van der Waals surface area contributed by atoms with Crippen LogP contribution in [-0.2, 0) is 19.6 Å². The minimum Gasteiger partial charge on any atom is -0.469 e. The first-order chi connectivity index (χ1) is 7.72. The fourth-order valence-electron chi connectivity index (χ4n) is 0.911. The van der Waals surface area contributed by atoms with Crippen LogP contribution >= 0.6 is 0 Å². The summed E-state index contributed by atoms with van der Waals surface area (Å²) in [6.07, 6.45) is 0.272. The highest BCUT2D eigenvalue weighted by Gasteiger charge is 2.20. The smallest absolute Gasteiger partial charge is 0.305 e. The van der Waals surface area contributed by atoms with E-state index in [0.717, 1.165) is 0 Å². The monoisotopic (exact) mass is 262 g/mol. The first-order valence-corrected chi connectivity index (χ1v) is 6.83. The molecule has 7 heteroatoms. The zero-order chi connectivity index (χ0) is 13.5. The summed E-state index contributed by atoms with van der Waals surface area (Å²) in [6, 6.07) is 2.00. The predicted octanol–water partition coefficient (Wildman–Crippen LogP) is 0.409. The minimum atomic E-state index is -3.44. The van der Waals surface area contributed by atoms with Crippen LogP contribution in [0, 0.1) is 16.7 Å². The van der Waals surface area contributed by atoms with E-state index >= 15 is 0 Å². The van der Waals surface area contributed by atoms with E-state index in [1.165, 1.54) is 7.11 Å². The third-order valence-electron chi connectivity index (χ3n) is 2.06. The van der Waals surface area contributed by atoms with Gasteiger partial charge in [-0.2, -0.15) is 5.26 Å². The van der Waals surface area contributed by atoms with Gasteiger partial charge in [-0.1, -0.05) is 0 Å². The number of methoxy groups -OCH3 is 1. The molecule has 6 nitrogen and oxygen atoms in total. The summed E-state index contributed by atoms with van der Waals surface area (Å²) in [5.41, 5.74) is -0.741. The highest BCUT2D eigenvalue weighted by molar-refractivity contribution is 7.89. The van der Waals surface area contributed by atoms with Gasteiger partial charge in [0.15, 0.2) is 0 Å². The molecule has 0 aliphatic rings. The van der Waals surface area contributed by atoms with E-state index in [1.54, 1.807) is 13.8 Å². The van der Waals surface area contributed by atoms with E-state index in [2.05, 4.69) is 9.46 Å². The van der Waals surface area contributed by atoms with Crippen molar-refractivity contribution in [1.82, 2.24) is 4.72 Å². The SMILES string of the molecule is COC(=O)CCCS(=O)(=O)NCC(C)(C)C#N. The molecule has 0 heterocycles. The number of nitriles is 1. The fourth-order valence-corrected chi connectivity index (χ4v) is 2.16. The van der Waals surface area contributed by atoms with E-state index in [1.807, 2.05) is 6.07 Å². The second-order valence-corrected chi connectivity index (χ2v) is 6.24. The Morgan fingerprint density at radius 2 is 2.06 bits per heavy atom. The number of nitrogens with one attached hydrogen (secondary N) is 1. The van der Waals surface area contributed by atoms with Crippen molar-refractivity contribution in [2.45, 2.75) is 26.7 Å². The van der Waals surface area contributed by atoms with Crippen molar-refractivity contribution in [3.63, 3.8) is 0 Å². The summed E-state index contributed by atoms with van der Waals surface area (Å²) in [5.74, 6) is -0.582. The Hall–Kier alpha value is -1.13. The standard InChI is InChI=1S/C10H18N2O4S/c1-10(2,7-11)8-12-17(14,15)6-4-5-9(13)16-3/h12H,4-6,8H2,1-3H3. The van der Waals surface area contributed by atoms with Crippen molar-refractivity contribution in [3.8, 4) is 6.07 Å². The Kier molecular flexibility index (Phi) is 6.13. The van der Waals surface area contributed by atoms with E-state index in [-0.39, 0.29) is 25.1 Å². The minimum absolute atomic E-state index is 0.0596. The lowest BCUT2D eigenvalue weighted by Gasteiger charge is -2.15. The molecule has 0 aliphatic carbocycles. The molecule has 0 bridgehead atoms. The van der Waals surface area contributed by atoms with Crippen LogP contribution in [0.3, 0.4) is 0 Å². The second kappa shape index (κ2) is 6.57. The first-order valence-electron chi connectivity index (χ1n) is 5.18. The summed E-state index contributed by atoms with van der Waals surface area (Å²) in [6.45, 7) is 3.35. The lowest BCUT2D eigenvalue weighted by molar-refractivity contribution is -0.140. The van der Waals surface area contributed by atoms with Crippen molar-refractivity contribution in [3.05, 3.63) is 0 Å². The fraction of sp³-hybridized carbons (Fsp3) is 0.800. The topological polar surface area (TPSA) is 96.3 Å². The van der Waals surface area contributed by atoms with Crippen molar-refractivity contribution in [2.75, 3.05) is 19.4 Å². The van der Waals surface area contributed by atoms with Gasteiger partial charge in [-0.05, 0) is 20.3 Å². The molecule has 0 aromatic heterocycles. The lowest BCUT2D eigenvalue weighted by atomic mass is 9.97. The van der Waals surface area contributed by atoms with Gasteiger partial charge in [0.25, 0.3) is 0 Å². The van der Waals surface area contributed by atoms with Crippen LogP contribution in [0.2, 0.25) is 0 Å². The molecular formula is C10H18N2O4S. The molecule has 0 saturated carbocycles. The molecule has 0 radical (unpaired) electrons. The molecule has 0 saturated heterocycles. The zero-order valence-electron chi connectivity index (χ0n) is 10.3. The molecular weight excluding hydrogens is 244 g/mol. The molecule has 0 fully saturated rings. The van der Waals surface area contributed by atoms with E-state index in [9.17, 15) is 13.2 Å². The van der Waals surface area contributed by atoms with Crippen LogP contribution in [0.1, 0.15) is 26.7 Å². The van der Waals surface area contributed by atoms with Crippen molar-refractivity contribution in [1.29, 1.82) is 5.26 Å². The number of rotatable bonds is 7. The Bertz CT molecular complexity index is 395. The first kappa shape index (κ1) is 15.9. The Balaban J connectivity index is 4.07. The van der Waals surface area contributed by atoms with Gasteiger partial charge in [-0.15, -0.1) is 0 Å². The molecule has 0 atom stereocenters. The maximum atomic E-state index is 11.5. The molecule has 1 N–H and O–H groups in total. The molecule has 0 aromatic rings. The summed E-state index contributed by atoms with van der Waals surface area (Å²) in [4.78, 5) is 10.8. The largest absolute Gasteiger partial charge is 0.469 e. The highest BCUT2D eigenvalue weighted by atomic mass is 32.2.